The van der Waals surface area contributed by atoms with Gasteiger partial charge in [-0.1, -0.05) is 84.3 Å². The number of carbonyl (C=O) groups is 4. The Kier molecular flexibility index (Phi) is 16.5. The van der Waals surface area contributed by atoms with Crippen LogP contribution in [0.4, 0.5) is 5.82 Å². The molecule has 4 amide bonds. The number of thiazole rings is 1. The number of benzene rings is 2. The molecular weight excluding hydrogens is 976 g/mol. The van der Waals surface area contributed by atoms with Crippen LogP contribution in [0.5, 0.6) is 5.75 Å². The Morgan fingerprint density at radius 1 is 0.932 bits per heavy atom. The molecule has 5 heterocycles. The van der Waals surface area contributed by atoms with Crippen LogP contribution in [-0.2, 0) is 14.4 Å². The van der Waals surface area contributed by atoms with Crippen LogP contribution in [0.3, 0.4) is 0 Å². The number of ether oxygens (including phenoxy) is 1. The maximum atomic E-state index is 14.3. The van der Waals surface area contributed by atoms with Crippen molar-refractivity contribution in [3.8, 4) is 22.3 Å². The van der Waals surface area contributed by atoms with Gasteiger partial charge in [-0.25, -0.2) is 9.97 Å². The number of piperazine rings is 1. The Bertz CT molecular complexity index is 2690. The Hall–Kier alpha value is -5.64. The third kappa shape index (κ3) is 12.1. The number of nitrogens with zero attached hydrogens (tertiary/aromatic N) is 7. The number of β-amino-alcohol motifs (C(OH)–C–C–N with tert-alkyl or cyclic N) is 1. The fourth-order valence-corrected chi connectivity index (χ4v) is 12.8. The largest absolute Gasteiger partial charge is 0.489 e. The van der Waals surface area contributed by atoms with Crippen molar-refractivity contribution in [3.05, 3.63) is 93.7 Å². The van der Waals surface area contributed by atoms with Crippen molar-refractivity contribution in [2.45, 2.75) is 118 Å². The van der Waals surface area contributed by atoms with E-state index in [1.54, 1.807) is 35.7 Å². The van der Waals surface area contributed by atoms with Gasteiger partial charge in [0.1, 0.15) is 35.8 Å². The standard InChI is InChI=1S/C56H73ClN10O6S/c1-34(37-10-12-38(13-11-37)47-35(2)60-33-74-47)61-50(71)44-26-41(68)31-67(44)51(72)48(54(3,4)5)62-46(69)32-64-20-18-36(19-21-64)30-65-22-24-66(25-23-65)45-17-15-40(29-59-45)49(70)63-52-55(6,7)53(56(52,8)9)73-42-16-14-39(28-58)43(57)27-42/h10-17,27,29,33-34,36,41,44,48,52-53,68H,18-26,30-32H2,1-9H3,(H,61,71)(H,62,69)(H,63,70)/t34-,41+,44-,48+,52?,53?/m0/s1. The van der Waals surface area contributed by atoms with Gasteiger partial charge in [0.2, 0.25) is 17.7 Å². The number of nitriles is 1. The Morgan fingerprint density at radius 3 is 2.22 bits per heavy atom. The van der Waals surface area contributed by atoms with Gasteiger partial charge in [-0.2, -0.15) is 5.26 Å². The summed E-state index contributed by atoms with van der Waals surface area (Å²) in [5.74, 6) is 0.799. The highest BCUT2D eigenvalue weighted by atomic mass is 35.5. The summed E-state index contributed by atoms with van der Waals surface area (Å²) < 4.78 is 6.39. The molecule has 3 aliphatic heterocycles. The molecule has 4 N–H and O–H groups in total. The molecule has 1 saturated carbocycles. The van der Waals surface area contributed by atoms with E-state index in [1.807, 2.05) is 76.5 Å². The smallest absolute Gasteiger partial charge is 0.253 e. The number of nitrogens with one attached hydrogen (secondary N) is 3. The van der Waals surface area contributed by atoms with Gasteiger partial charge in [0.25, 0.3) is 5.91 Å². The van der Waals surface area contributed by atoms with Gasteiger partial charge in [0, 0.05) is 74.8 Å². The fourth-order valence-electron chi connectivity index (χ4n) is 11.8. The quantitative estimate of drug-likeness (QED) is 0.0968. The van der Waals surface area contributed by atoms with Gasteiger partial charge in [0.05, 0.1) is 50.9 Å². The van der Waals surface area contributed by atoms with Crippen LogP contribution in [-0.4, -0.2) is 143 Å². The van der Waals surface area contributed by atoms with Crippen molar-refractivity contribution in [2.24, 2.45) is 22.2 Å². The van der Waals surface area contributed by atoms with E-state index in [2.05, 4.69) is 69.4 Å². The van der Waals surface area contributed by atoms with Crippen molar-refractivity contribution in [2.75, 3.05) is 63.8 Å². The molecule has 2 aromatic heterocycles. The molecule has 0 bridgehead atoms. The van der Waals surface area contributed by atoms with Crippen LogP contribution in [0, 0.1) is 40.4 Å². The lowest BCUT2D eigenvalue weighted by atomic mass is 9.49. The number of amides is 4. The van der Waals surface area contributed by atoms with Crippen LogP contribution < -0.4 is 25.6 Å². The summed E-state index contributed by atoms with van der Waals surface area (Å²) in [6.45, 7) is 24.1. The van der Waals surface area contributed by atoms with Gasteiger partial charge < -0.3 is 35.6 Å². The second kappa shape index (κ2) is 22.3. The van der Waals surface area contributed by atoms with Gasteiger partial charge in [-0.3, -0.25) is 29.0 Å². The highest BCUT2D eigenvalue weighted by Crippen LogP contribution is 2.55. The summed E-state index contributed by atoms with van der Waals surface area (Å²) in [6, 6.07) is 16.7. The minimum Gasteiger partial charge on any atom is -0.489 e. The number of aliphatic hydroxyl groups is 1. The molecule has 8 rings (SSSR count). The Labute approximate surface area is 445 Å². The number of hydrogen-bond donors (Lipinski definition) is 4. The van der Waals surface area contributed by atoms with E-state index in [0.717, 1.165) is 86.2 Å². The lowest BCUT2D eigenvalue weighted by Gasteiger charge is -2.63. The van der Waals surface area contributed by atoms with E-state index in [4.69, 9.17) is 21.3 Å². The highest BCUT2D eigenvalue weighted by Gasteiger charge is 2.64. The van der Waals surface area contributed by atoms with Crippen LogP contribution in [0.15, 0.2) is 66.3 Å². The maximum Gasteiger partial charge on any atom is 0.253 e. The van der Waals surface area contributed by atoms with Gasteiger partial charge in [-0.05, 0) is 86.5 Å². The number of pyridine rings is 1. The first-order chi connectivity index (χ1) is 35.0. The third-order valence-electron chi connectivity index (χ3n) is 15.8. The lowest BCUT2D eigenvalue weighted by molar-refractivity contribution is -0.164. The predicted octanol–water partition coefficient (Wildman–Crippen LogP) is 6.85. The first-order valence-corrected chi connectivity index (χ1v) is 27.2. The van der Waals surface area contributed by atoms with E-state index < -0.39 is 23.6 Å². The van der Waals surface area contributed by atoms with Crippen molar-refractivity contribution >= 4 is 52.4 Å². The molecule has 2 aromatic carbocycles. The van der Waals surface area contributed by atoms with Crippen LogP contribution in [0.25, 0.3) is 10.4 Å². The van der Waals surface area contributed by atoms with Gasteiger partial charge >= 0.3 is 0 Å². The fraction of sp³-hybridized carbons (Fsp3) is 0.554. The van der Waals surface area contributed by atoms with Crippen LogP contribution >= 0.6 is 22.9 Å². The number of hydrogen-bond acceptors (Lipinski definition) is 13. The summed E-state index contributed by atoms with van der Waals surface area (Å²) in [7, 11) is 0. The molecule has 396 valence electrons. The minimum atomic E-state index is -0.893. The highest BCUT2D eigenvalue weighted by molar-refractivity contribution is 7.13. The number of anilines is 1. The van der Waals surface area contributed by atoms with E-state index >= 15 is 0 Å². The number of aliphatic hydroxyl groups excluding tert-OH is 1. The molecule has 0 spiro atoms. The molecule has 4 atom stereocenters. The zero-order valence-corrected chi connectivity index (χ0v) is 45.9. The zero-order valence-electron chi connectivity index (χ0n) is 44.3. The molecular formula is C56H73ClN10O6S. The van der Waals surface area contributed by atoms with Crippen molar-refractivity contribution < 1.29 is 29.0 Å². The topological polar surface area (TPSA) is 196 Å². The molecule has 0 radical (unpaired) electrons. The first-order valence-electron chi connectivity index (χ1n) is 25.9. The number of aryl methyl sites for hydroxylation is 1. The van der Waals surface area contributed by atoms with Gasteiger partial charge in [-0.15, -0.1) is 11.3 Å². The summed E-state index contributed by atoms with van der Waals surface area (Å²) in [4.78, 5) is 73.8. The predicted molar refractivity (Wildman–Crippen MR) is 288 cm³/mol. The summed E-state index contributed by atoms with van der Waals surface area (Å²) in [5, 5.41) is 29.7. The molecule has 4 aliphatic rings. The lowest BCUT2D eigenvalue weighted by Crippen LogP contribution is -2.74. The zero-order chi connectivity index (χ0) is 53.3. The summed E-state index contributed by atoms with van der Waals surface area (Å²) in [5.41, 5.74) is 4.24. The Balaban J connectivity index is 0.758. The summed E-state index contributed by atoms with van der Waals surface area (Å²) >= 11 is 7.85. The molecule has 74 heavy (non-hydrogen) atoms. The second-order valence-corrected chi connectivity index (χ2v) is 24.4. The molecule has 3 saturated heterocycles. The normalized spacial score (nSPS) is 23.0. The summed E-state index contributed by atoms with van der Waals surface area (Å²) in [6.07, 6.45) is 2.64. The van der Waals surface area contributed by atoms with E-state index in [-0.39, 0.29) is 72.2 Å². The van der Waals surface area contributed by atoms with Crippen molar-refractivity contribution in [3.63, 3.8) is 0 Å². The number of rotatable bonds is 15. The second-order valence-electron chi connectivity index (χ2n) is 23.1. The molecule has 1 aliphatic carbocycles. The number of likely N-dealkylation sites (tertiary alicyclic amines) is 2. The third-order valence-corrected chi connectivity index (χ3v) is 17.1. The average molecular weight is 1050 g/mol. The molecule has 4 aromatic rings. The SMILES string of the molecule is Cc1ncsc1-c1ccc([C@H](C)NC(=O)[C@@H]2C[C@@H](O)CN2C(=O)[C@@H](NC(=O)CN2CCC(CN3CCN(c4ccc(C(=O)NC5C(C)(C)C(Oc6ccc(C#N)c(Cl)c6)C5(C)C)cn4)CC3)CC2)C(C)(C)C)cc1. The number of halogens is 1. The molecule has 16 nitrogen and oxygen atoms in total. The van der Waals surface area contributed by atoms with Crippen molar-refractivity contribution in [1.29, 1.82) is 5.26 Å². The average Bonchev–Trinajstić information content (AvgIpc) is 3.99. The molecule has 0 unspecified atom stereocenters. The van der Waals surface area contributed by atoms with E-state index in [0.29, 0.717) is 27.8 Å². The Morgan fingerprint density at radius 2 is 1.62 bits per heavy atom. The van der Waals surface area contributed by atoms with Crippen LogP contribution in [0.2, 0.25) is 5.02 Å². The minimum absolute atomic E-state index is 0.0155. The van der Waals surface area contributed by atoms with E-state index in [9.17, 15) is 29.5 Å². The maximum absolute atomic E-state index is 14.3. The first kappa shape index (κ1) is 54.6. The van der Waals surface area contributed by atoms with Gasteiger partial charge in [0.15, 0.2) is 0 Å². The van der Waals surface area contributed by atoms with Crippen molar-refractivity contribution in [1.82, 2.24) is 40.6 Å². The number of carbonyl (C=O) groups excluding carboxylic acids is 4. The molecule has 18 heteroatoms. The van der Waals surface area contributed by atoms with E-state index in [1.165, 1.54) is 4.90 Å². The molecule has 4 fully saturated rings. The monoisotopic (exact) mass is 1050 g/mol. The van der Waals surface area contributed by atoms with Crippen LogP contribution in [0.1, 0.15) is 108 Å². The number of piperidine rings is 1. The number of aromatic nitrogens is 2.